The molecule has 5 nitrogen and oxygen atoms in total. The van der Waals surface area contributed by atoms with E-state index in [1.54, 1.807) is 42.5 Å². The summed E-state index contributed by atoms with van der Waals surface area (Å²) in [4.78, 5) is 24.0. The van der Waals surface area contributed by atoms with Gasteiger partial charge in [0.15, 0.2) is 23.9 Å². The van der Waals surface area contributed by atoms with Gasteiger partial charge in [-0.1, -0.05) is 12.1 Å². The fourth-order valence-corrected chi connectivity index (χ4v) is 2.44. The van der Waals surface area contributed by atoms with Crippen LogP contribution in [0.2, 0.25) is 0 Å². The highest BCUT2D eigenvalue weighted by atomic mass is 79.9. The summed E-state index contributed by atoms with van der Waals surface area (Å²) in [5.74, 6) is 0.255. The molecule has 0 atom stereocenters. The van der Waals surface area contributed by atoms with Crippen LogP contribution < -0.4 is 9.47 Å². The summed E-state index contributed by atoms with van der Waals surface area (Å²) in [6, 6.07) is 11.7. The molecule has 112 valence electrons. The van der Waals surface area contributed by atoms with Crippen molar-refractivity contribution >= 4 is 27.7 Å². The average Bonchev–Trinajstić information content (AvgIpc) is 3.00. The maximum atomic E-state index is 12.1. The SMILES string of the molecule is O=C(COC(=O)c1ccccc1Br)c1ccc2c(c1)OCO2. The number of Topliss-reactive ketones (excluding diaryl/α,β-unsaturated/α-hetero) is 1. The second kappa shape index (κ2) is 6.19. The molecule has 22 heavy (non-hydrogen) atoms. The van der Waals surface area contributed by atoms with E-state index in [2.05, 4.69) is 15.9 Å². The number of fused-ring (bicyclic) bond motifs is 1. The lowest BCUT2D eigenvalue weighted by Gasteiger charge is -2.06. The first-order chi connectivity index (χ1) is 10.6. The van der Waals surface area contributed by atoms with Gasteiger partial charge in [0.05, 0.1) is 5.56 Å². The van der Waals surface area contributed by atoms with E-state index in [9.17, 15) is 9.59 Å². The number of rotatable bonds is 4. The summed E-state index contributed by atoms with van der Waals surface area (Å²) in [6.45, 7) is -0.191. The van der Waals surface area contributed by atoms with Crippen molar-refractivity contribution in [1.29, 1.82) is 0 Å². The number of halogens is 1. The summed E-state index contributed by atoms with van der Waals surface area (Å²) in [5, 5.41) is 0. The molecule has 3 rings (SSSR count). The number of ketones is 1. The Morgan fingerprint density at radius 1 is 1.09 bits per heavy atom. The Morgan fingerprint density at radius 3 is 2.68 bits per heavy atom. The summed E-state index contributed by atoms with van der Waals surface area (Å²) < 4.78 is 16.1. The second-order valence-electron chi connectivity index (χ2n) is 4.55. The van der Waals surface area contributed by atoms with Gasteiger partial charge in [0.25, 0.3) is 0 Å². The van der Waals surface area contributed by atoms with Crippen molar-refractivity contribution in [2.45, 2.75) is 0 Å². The number of hydrogen-bond acceptors (Lipinski definition) is 5. The molecule has 0 bridgehead atoms. The van der Waals surface area contributed by atoms with Crippen molar-refractivity contribution in [1.82, 2.24) is 0 Å². The molecule has 0 N–H and O–H groups in total. The van der Waals surface area contributed by atoms with Crippen molar-refractivity contribution in [2.75, 3.05) is 13.4 Å². The summed E-state index contributed by atoms with van der Waals surface area (Å²) in [6.07, 6.45) is 0. The van der Waals surface area contributed by atoms with Crippen LogP contribution in [0.15, 0.2) is 46.9 Å². The maximum Gasteiger partial charge on any atom is 0.339 e. The van der Waals surface area contributed by atoms with Gasteiger partial charge in [-0.25, -0.2) is 4.79 Å². The van der Waals surface area contributed by atoms with E-state index in [1.165, 1.54) is 0 Å². The van der Waals surface area contributed by atoms with Gasteiger partial charge in [0, 0.05) is 10.0 Å². The Hall–Kier alpha value is -2.34. The Balaban J connectivity index is 1.65. The van der Waals surface area contributed by atoms with Crippen LogP contribution >= 0.6 is 15.9 Å². The summed E-state index contributed by atoms with van der Waals surface area (Å²) in [5.41, 5.74) is 0.783. The summed E-state index contributed by atoms with van der Waals surface area (Å²) in [7, 11) is 0. The number of hydrogen-bond donors (Lipinski definition) is 0. The first-order valence-corrected chi connectivity index (χ1v) is 7.29. The highest BCUT2D eigenvalue weighted by Crippen LogP contribution is 2.32. The normalized spacial score (nSPS) is 12.0. The minimum atomic E-state index is -0.554. The molecule has 0 saturated heterocycles. The average molecular weight is 363 g/mol. The molecule has 0 radical (unpaired) electrons. The van der Waals surface area contributed by atoms with Crippen molar-refractivity contribution < 1.29 is 23.8 Å². The second-order valence-corrected chi connectivity index (χ2v) is 5.40. The van der Waals surface area contributed by atoms with Gasteiger partial charge < -0.3 is 14.2 Å². The van der Waals surface area contributed by atoms with Crippen LogP contribution in [0.3, 0.4) is 0 Å². The third-order valence-electron chi connectivity index (χ3n) is 3.12. The molecule has 0 fully saturated rings. The maximum absolute atomic E-state index is 12.1. The third kappa shape index (κ3) is 2.96. The minimum Gasteiger partial charge on any atom is -0.454 e. The van der Waals surface area contributed by atoms with E-state index in [4.69, 9.17) is 14.2 Å². The van der Waals surface area contributed by atoms with Gasteiger partial charge in [-0.2, -0.15) is 0 Å². The van der Waals surface area contributed by atoms with E-state index in [0.717, 1.165) is 0 Å². The number of carbonyl (C=O) groups excluding carboxylic acids is 2. The van der Waals surface area contributed by atoms with Gasteiger partial charge >= 0.3 is 5.97 Å². The zero-order chi connectivity index (χ0) is 15.5. The van der Waals surface area contributed by atoms with Crippen molar-refractivity contribution in [3.8, 4) is 11.5 Å². The van der Waals surface area contributed by atoms with E-state index < -0.39 is 5.97 Å². The number of carbonyl (C=O) groups is 2. The van der Waals surface area contributed by atoms with Crippen LogP contribution in [0.4, 0.5) is 0 Å². The lowest BCUT2D eigenvalue weighted by Crippen LogP contribution is -2.14. The van der Waals surface area contributed by atoms with Crippen molar-refractivity contribution in [2.24, 2.45) is 0 Å². The molecule has 0 spiro atoms. The highest BCUT2D eigenvalue weighted by molar-refractivity contribution is 9.10. The van der Waals surface area contributed by atoms with Crippen LogP contribution in [0.25, 0.3) is 0 Å². The summed E-state index contributed by atoms with van der Waals surface area (Å²) >= 11 is 3.27. The van der Waals surface area contributed by atoms with E-state index in [0.29, 0.717) is 27.1 Å². The Bertz CT molecular complexity index is 741. The lowest BCUT2D eigenvalue weighted by atomic mass is 10.1. The van der Waals surface area contributed by atoms with E-state index in [1.807, 2.05) is 0 Å². The fourth-order valence-electron chi connectivity index (χ4n) is 1.99. The number of benzene rings is 2. The third-order valence-corrected chi connectivity index (χ3v) is 3.81. The van der Waals surface area contributed by atoms with Gasteiger partial charge in [-0.05, 0) is 46.3 Å². The van der Waals surface area contributed by atoms with Crippen LogP contribution in [0.1, 0.15) is 20.7 Å². The first kappa shape index (κ1) is 14.6. The Kier molecular flexibility index (Phi) is 4.11. The topological polar surface area (TPSA) is 61.8 Å². The molecule has 1 aliphatic heterocycles. The van der Waals surface area contributed by atoms with Crippen LogP contribution in [-0.4, -0.2) is 25.2 Å². The van der Waals surface area contributed by atoms with Crippen LogP contribution in [0, 0.1) is 0 Å². The van der Waals surface area contributed by atoms with Gasteiger partial charge in [0.1, 0.15) is 0 Å². The van der Waals surface area contributed by atoms with Gasteiger partial charge in [-0.3, -0.25) is 4.79 Å². The minimum absolute atomic E-state index is 0.143. The standard InChI is InChI=1S/C16H11BrO5/c17-12-4-2-1-3-11(12)16(19)20-8-13(18)10-5-6-14-15(7-10)22-9-21-14/h1-7H,8-9H2. The molecule has 0 aliphatic carbocycles. The van der Waals surface area contributed by atoms with Crippen LogP contribution in [-0.2, 0) is 4.74 Å². The molecule has 0 unspecified atom stereocenters. The van der Waals surface area contributed by atoms with Crippen LogP contribution in [0.5, 0.6) is 11.5 Å². The van der Waals surface area contributed by atoms with Gasteiger partial charge in [-0.15, -0.1) is 0 Å². The van der Waals surface area contributed by atoms with Crippen molar-refractivity contribution in [3.63, 3.8) is 0 Å². The zero-order valence-corrected chi connectivity index (χ0v) is 13.0. The molecule has 1 aliphatic rings. The molecule has 1 heterocycles. The van der Waals surface area contributed by atoms with Gasteiger partial charge in [0.2, 0.25) is 6.79 Å². The largest absolute Gasteiger partial charge is 0.454 e. The Morgan fingerprint density at radius 2 is 1.86 bits per heavy atom. The number of esters is 1. The monoisotopic (exact) mass is 362 g/mol. The molecular weight excluding hydrogens is 352 g/mol. The quantitative estimate of drug-likeness (QED) is 0.617. The predicted molar refractivity (Wildman–Crippen MR) is 81.3 cm³/mol. The molecule has 0 saturated carbocycles. The van der Waals surface area contributed by atoms with Crippen molar-refractivity contribution in [3.05, 3.63) is 58.1 Å². The molecule has 6 heteroatoms. The smallest absolute Gasteiger partial charge is 0.339 e. The highest BCUT2D eigenvalue weighted by Gasteiger charge is 2.18. The lowest BCUT2D eigenvalue weighted by molar-refractivity contribution is 0.0474. The Labute approximate surface area is 134 Å². The molecular formula is C16H11BrO5. The number of ether oxygens (including phenoxy) is 3. The molecule has 0 aromatic heterocycles. The van der Waals surface area contributed by atoms with E-state index >= 15 is 0 Å². The molecule has 0 amide bonds. The zero-order valence-electron chi connectivity index (χ0n) is 11.4. The molecule has 2 aromatic carbocycles. The fraction of sp³-hybridized carbons (Fsp3) is 0.125. The first-order valence-electron chi connectivity index (χ1n) is 6.49. The predicted octanol–water partition coefficient (Wildman–Crippen LogP) is 3.22. The molecule has 2 aromatic rings. The van der Waals surface area contributed by atoms with E-state index in [-0.39, 0.29) is 19.2 Å².